The van der Waals surface area contributed by atoms with Crippen molar-refractivity contribution in [3.63, 3.8) is 0 Å². The lowest BCUT2D eigenvalue weighted by Gasteiger charge is -2.02. The van der Waals surface area contributed by atoms with Crippen molar-refractivity contribution >= 4 is 40.9 Å². The normalized spacial score (nSPS) is 10.3. The van der Waals surface area contributed by atoms with Gasteiger partial charge in [0.1, 0.15) is 5.75 Å². The number of H-pyrrole nitrogens is 1. The van der Waals surface area contributed by atoms with Gasteiger partial charge in [0.15, 0.2) is 5.78 Å². The molecule has 0 radical (unpaired) electrons. The fourth-order valence-electron chi connectivity index (χ4n) is 3.08. The van der Waals surface area contributed by atoms with E-state index < -0.39 is 12.1 Å². The molecule has 0 aliphatic carbocycles. The minimum atomic E-state index is -0.967. The number of carboxylic acid groups (broad SMARTS) is 1. The van der Waals surface area contributed by atoms with E-state index in [0.717, 1.165) is 11.6 Å². The first-order valence-corrected chi connectivity index (χ1v) is 10.4. The number of nitrogens with one attached hydrogen (secondary N) is 2. The van der Waals surface area contributed by atoms with E-state index >= 15 is 0 Å². The smallest absolute Gasteiger partial charge is 0.413 e. The number of ketones is 1. The van der Waals surface area contributed by atoms with E-state index in [-0.39, 0.29) is 11.7 Å². The molecule has 0 saturated heterocycles. The summed E-state index contributed by atoms with van der Waals surface area (Å²) >= 11 is 0. The Hall–Kier alpha value is -4.92. The zero-order valence-electron chi connectivity index (χ0n) is 19.0. The van der Waals surface area contributed by atoms with Crippen molar-refractivity contribution in [1.82, 2.24) is 9.97 Å². The van der Waals surface area contributed by atoms with Crippen LogP contribution < -0.4 is 10.1 Å². The average Bonchev–Trinajstić information content (AvgIpc) is 3.29. The Morgan fingerprint density at radius 1 is 0.943 bits per heavy atom. The molecule has 178 valence electrons. The number of amides is 1. The number of aliphatic carboxylic acids is 1. The molecule has 0 aliphatic rings. The lowest BCUT2D eigenvalue weighted by atomic mass is 10.0. The molecule has 0 saturated carbocycles. The third kappa shape index (κ3) is 6.78. The lowest BCUT2D eigenvalue weighted by Crippen LogP contribution is -2.11. The molecule has 3 aromatic carbocycles. The largest absolute Gasteiger partial charge is 0.496 e. The molecule has 1 heterocycles. The highest BCUT2D eigenvalue weighted by Crippen LogP contribution is 2.19. The van der Waals surface area contributed by atoms with E-state index in [2.05, 4.69) is 20.0 Å². The van der Waals surface area contributed by atoms with Gasteiger partial charge < -0.3 is 19.6 Å². The quantitative estimate of drug-likeness (QED) is 0.272. The molecule has 1 amide bonds. The average molecular weight is 473 g/mol. The third-order valence-corrected chi connectivity index (χ3v) is 4.73. The molecule has 4 rings (SSSR count). The number of carboxylic acids is 1. The molecule has 35 heavy (non-hydrogen) atoms. The van der Waals surface area contributed by atoms with Crippen LogP contribution in [0.1, 0.15) is 21.5 Å². The molecule has 3 N–H and O–H groups in total. The number of imidazole rings is 1. The first kappa shape index (κ1) is 24.7. The number of ether oxygens (including phenoxy) is 2. The van der Waals surface area contributed by atoms with Gasteiger partial charge in [0.05, 0.1) is 25.3 Å². The number of methoxy groups -OCH3 is 2. The summed E-state index contributed by atoms with van der Waals surface area (Å²) in [5.74, 6) is -0.100. The molecule has 9 heteroatoms. The number of carbonyl (C=O) groups is 3. The first-order chi connectivity index (χ1) is 16.9. The van der Waals surface area contributed by atoms with Crippen molar-refractivity contribution in [2.75, 3.05) is 19.5 Å². The van der Waals surface area contributed by atoms with Crippen LogP contribution in [0.3, 0.4) is 0 Å². The summed E-state index contributed by atoms with van der Waals surface area (Å²) in [7, 11) is 2.82. The molecule has 1 aromatic heterocycles. The summed E-state index contributed by atoms with van der Waals surface area (Å²) in [5, 5.41) is 10.9. The van der Waals surface area contributed by atoms with Crippen LogP contribution in [0.15, 0.2) is 78.9 Å². The minimum Gasteiger partial charge on any atom is -0.496 e. The standard InChI is InChI=1S/C16H13N3O3.C10H10O3/c1-22-16(21)19-15-17-12-8-7-11(9-13(12)18-15)14(20)10-5-3-2-4-6-10;1-13-9-5-3-2-4-8(9)6-7-10(11)12/h2-9H,1H3,(H2,17,18,19,21);2-7H,1H3,(H,11,12). The molecule has 9 nitrogen and oxygen atoms in total. The van der Waals surface area contributed by atoms with Gasteiger partial charge >= 0.3 is 12.1 Å². The monoisotopic (exact) mass is 473 g/mol. The maximum Gasteiger partial charge on any atom is 0.413 e. The maximum absolute atomic E-state index is 12.4. The fourth-order valence-corrected chi connectivity index (χ4v) is 3.08. The van der Waals surface area contributed by atoms with Crippen LogP contribution >= 0.6 is 0 Å². The van der Waals surface area contributed by atoms with Crippen molar-refractivity contribution in [2.45, 2.75) is 0 Å². The molecule has 0 fully saturated rings. The van der Waals surface area contributed by atoms with Crippen molar-refractivity contribution < 1.29 is 29.0 Å². The van der Waals surface area contributed by atoms with E-state index in [1.165, 1.54) is 13.2 Å². The topological polar surface area (TPSA) is 131 Å². The van der Waals surface area contributed by atoms with Gasteiger partial charge in [0.25, 0.3) is 0 Å². The Morgan fingerprint density at radius 2 is 1.66 bits per heavy atom. The highest BCUT2D eigenvalue weighted by molar-refractivity contribution is 6.10. The van der Waals surface area contributed by atoms with Crippen LogP contribution in [0.2, 0.25) is 0 Å². The second-order valence-electron chi connectivity index (χ2n) is 7.04. The zero-order chi connectivity index (χ0) is 25.2. The second kappa shape index (κ2) is 11.8. The van der Waals surface area contributed by atoms with Crippen LogP contribution in [-0.4, -0.2) is 47.1 Å². The Bertz CT molecular complexity index is 1360. The first-order valence-electron chi connectivity index (χ1n) is 10.4. The number of anilines is 1. The van der Waals surface area contributed by atoms with Crippen molar-refractivity contribution in [3.8, 4) is 5.75 Å². The summed E-state index contributed by atoms with van der Waals surface area (Å²) < 4.78 is 9.54. The lowest BCUT2D eigenvalue weighted by molar-refractivity contribution is -0.131. The van der Waals surface area contributed by atoms with Crippen LogP contribution in [0.5, 0.6) is 5.75 Å². The van der Waals surface area contributed by atoms with Gasteiger partial charge in [-0.2, -0.15) is 0 Å². The van der Waals surface area contributed by atoms with Gasteiger partial charge in [-0.15, -0.1) is 0 Å². The van der Waals surface area contributed by atoms with E-state index in [1.54, 1.807) is 49.6 Å². The van der Waals surface area contributed by atoms with E-state index in [1.807, 2.05) is 30.3 Å². The Labute approximate surface area is 201 Å². The van der Waals surface area contributed by atoms with Crippen molar-refractivity contribution in [1.29, 1.82) is 0 Å². The fraction of sp³-hybridized carbons (Fsp3) is 0.0769. The number of para-hydroxylation sites is 1. The summed E-state index contributed by atoms with van der Waals surface area (Å²) in [6, 6.07) is 21.4. The highest BCUT2D eigenvalue weighted by Gasteiger charge is 2.12. The molecule has 0 unspecified atom stereocenters. The number of hydrogen-bond donors (Lipinski definition) is 3. The minimum absolute atomic E-state index is 0.0698. The van der Waals surface area contributed by atoms with Crippen LogP contribution in [0.4, 0.5) is 10.7 Å². The third-order valence-electron chi connectivity index (χ3n) is 4.73. The Morgan fingerprint density at radius 3 is 2.34 bits per heavy atom. The van der Waals surface area contributed by atoms with Gasteiger partial charge in [-0.05, 0) is 30.3 Å². The number of benzene rings is 3. The predicted molar refractivity (Wildman–Crippen MR) is 132 cm³/mol. The summed E-state index contributed by atoms with van der Waals surface area (Å²) in [6.07, 6.45) is 1.97. The van der Waals surface area contributed by atoms with E-state index in [0.29, 0.717) is 27.9 Å². The van der Waals surface area contributed by atoms with E-state index in [4.69, 9.17) is 9.84 Å². The molecule has 0 spiro atoms. The van der Waals surface area contributed by atoms with Gasteiger partial charge in [0.2, 0.25) is 5.95 Å². The SMILES string of the molecule is COC(=O)Nc1nc2ccc(C(=O)c3ccccc3)cc2[nH]1.COc1ccccc1C=CC(=O)O. The van der Waals surface area contributed by atoms with Crippen molar-refractivity contribution in [2.24, 2.45) is 0 Å². The van der Waals surface area contributed by atoms with Gasteiger partial charge in [0, 0.05) is 22.8 Å². The van der Waals surface area contributed by atoms with Gasteiger partial charge in [-0.25, -0.2) is 14.6 Å². The zero-order valence-corrected chi connectivity index (χ0v) is 19.0. The Balaban J connectivity index is 0.000000225. The van der Waals surface area contributed by atoms with Gasteiger partial charge in [-0.3, -0.25) is 10.1 Å². The number of hydrogen-bond acceptors (Lipinski definition) is 6. The Kier molecular flexibility index (Phi) is 8.33. The number of aromatic nitrogens is 2. The molecular weight excluding hydrogens is 450 g/mol. The van der Waals surface area contributed by atoms with Crippen LogP contribution in [0.25, 0.3) is 17.1 Å². The van der Waals surface area contributed by atoms with Crippen molar-refractivity contribution in [3.05, 3.63) is 95.6 Å². The predicted octanol–water partition coefficient (Wildman–Crippen LogP) is 4.77. The number of rotatable bonds is 6. The summed E-state index contributed by atoms with van der Waals surface area (Å²) in [5.41, 5.74) is 3.23. The molecule has 0 aliphatic heterocycles. The number of aromatic amines is 1. The number of carbonyl (C=O) groups excluding carboxylic acids is 2. The van der Waals surface area contributed by atoms with Crippen LogP contribution in [0, 0.1) is 0 Å². The highest BCUT2D eigenvalue weighted by atomic mass is 16.5. The molecule has 4 aromatic rings. The summed E-state index contributed by atoms with van der Waals surface area (Å²) in [4.78, 5) is 40.9. The van der Waals surface area contributed by atoms with E-state index in [9.17, 15) is 14.4 Å². The molecule has 0 bridgehead atoms. The maximum atomic E-state index is 12.4. The summed E-state index contributed by atoms with van der Waals surface area (Å²) in [6.45, 7) is 0. The number of nitrogens with zero attached hydrogens (tertiary/aromatic N) is 1. The molecule has 0 atom stereocenters. The second-order valence-corrected chi connectivity index (χ2v) is 7.04. The molecular formula is C26H23N3O6. The van der Waals surface area contributed by atoms with Crippen LogP contribution in [-0.2, 0) is 9.53 Å². The number of fused-ring (bicyclic) bond motifs is 1. The van der Waals surface area contributed by atoms with Gasteiger partial charge in [-0.1, -0.05) is 48.5 Å².